The van der Waals surface area contributed by atoms with Gasteiger partial charge in [0.2, 0.25) is 6.10 Å². The Morgan fingerprint density at radius 2 is 2.31 bits per heavy atom. The van der Waals surface area contributed by atoms with Crippen LogP contribution in [-0.4, -0.2) is 26.3 Å². The molecule has 1 aliphatic heterocycles. The third-order valence-electron chi connectivity index (χ3n) is 2.05. The van der Waals surface area contributed by atoms with E-state index >= 15 is 0 Å². The van der Waals surface area contributed by atoms with E-state index < -0.39 is 6.10 Å². The van der Waals surface area contributed by atoms with E-state index in [0.717, 1.165) is 6.42 Å². The van der Waals surface area contributed by atoms with E-state index in [9.17, 15) is 4.79 Å². The summed E-state index contributed by atoms with van der Waals surface area (Å²) in [5, 5.41) is 0. The minimum Gasteiger partial charge on any atom is -0.469 e. The molecule has 74 valence electrons. The van der Waals surface area contributed by atoms with Gasteiger partial charge in [-0.1, -0.05) is 6.92 Å². The molecule has 0 fully saturated rings. The van der Waals surface area contributed by atoms with Crippen LogP contribution in [0.15, 0.2) is 12.0 Å². The lowest BCUT2D eigenvalue weighted by atomic mass is 9.99. The molecule has 4 heteroatoms. The molecule has 13 heavy (non-hydrogen) atoms. The van der Waals surface area contributed by atoms with Crippen LogP contribution in [0.4, 0.5) is 0 Å². The van der Waals surface area contributed by atoms with E-state index in [1.807, 2.05) is 13.0 Å². The fourth-order valence-electron chi connectivity index (χ4n) is 1.22. The summed E-state index contributed by atoms with van der Waals surface area (Å²) in [6.07, 6.45) is 2.05. The Morgan fingerprint density at radius 3 is 2.85 bits per heavy atom. The maximum atomic E-state index is 11.2. The molecule has 2 unspecified atom stereocenters. The molecule has 0 aromatic carbocycles. The van der Waals surface area contributed by atoms with Crippen LogP contribution in [0.1, 0.15) is 13.3 Å². The molecule has 0 saturated heterocycles. The zero-order valence-corrected chi connectivity index (χ0v) is 8.07. The normalized spacial score (nSPS) is 27.2. The summed E-state index contributed by atoms with van der Waals surface area (Å²) < 4.78 is 14.8. The molecule has 0 spiro atoms. The fraction of sp³-hybridized carbons (Fsp3) is 0.667. The molecule has 0 aromatic rings. The third kappa shape index (κ3) is 2.14. The van der Waals surface area contributed by atoms with Gasteiger partial charge in [0.05, 0.1) is 14.2 Å². The predicted octanol–water partition coefficient (Wildman–Crippen LogP) is 1.07. The average molecular weight is 186 g/mol. The van der Waals surface area contributed by atoms with Gasteiger partial charge >= 0.3 is 5.97 Å². The summed E-state index contributed by atoms with van der Waals surface area (Å²) in [5.41, 5.74) is 0. The summed E-state index contributed by atoms with van der Waals surface area (Å²) in [7, 11) is 2.86. The van der Waals surface area contributed by atoms with E-state index in [2.05, 4.69) is 4.74 Å². The first-order valence-electron chi connectivity index (χ1n) is 4.17. The van der Waals surface area contributed by atoms with Crippen molar-refractivity contribution in [2.45, 2.75) is 19.4 Å². The van der Waals surface area contributed by atoms with E-state index in [1.165, 1.54) is 14.2 Å². The predicted molar refractivity (Wildman–Crippen MR) is 45.8 cm³/mol. The Balaban J connectivity index is 2.66. The van der Waals surface area contributed by atoms with Crippen molar-refractivity contribution in [3.05, 3.63) is 12.0 Å². The highest BCUT2D eigenvalue weighted by Crippen LogP contribution is 2.23. The van der Waals surface area contributed by atoms with Crippen molar-refractivity contribution in [2.24, 2.45) is 5.92 Å². The number of methoxy groups -OCH3 is 2. The van der Waals surface area contributed by atoms with Crippen molar-refractivity contribution in [3.8, 4) is 0 Å². The van der Waals surface area contributed by atoms with Crippen LogP contribution < -0.4 is 0 Å². The van der Waals surface area contributed by atoms with Crippen molar-refractivity contribution < 1.29 is 19.0 Å². The Morgan fingerprint density at radius 1 is 1.62 bits per heavy atom. The number of hydrogen-bond acceptors (Lipinski definition) is 4. The molecular formula is C9H14O4. The maximum Gasteiger partial charge on any atom is 0.347 e. The number of ether oxygens (including phenoxy) is 3. The van der Waals surface area contributed by atoms with Crippen LogP contribution in [0.25, 0.3) is 0 Å². The van der Waals surface area contributed by atoms with Gasteiger partial charge in [-0.25, -0.2) is 4.79 Å². The number of rotatable bonds is 2. The van der Waals surface area contributed by atoms with Crippen molar-refractivity contribution in [3.63, 3.8) is 0 Å². The first kappa shape index (κ1) is 9.89. The van der Waals surface area contributed by atoms with Crippen LogP contribution in [-0.2, 0) is 19.0 Å². The summed E-state index contributed by atoms with van der Waals surface area (Å²) in [6.45, 7) is 1.94. The first-order valence-corrected chi connectivity index (χ1v) is 4.17. The Hall–Kier alpha value is -1.19. The van der Waals surface area contributed by atoms with Gasteiger partial charge in [-0.15, -0.1) is 0 Å². The molecule has 2 atom stereocenters. The lowest BCUT2D eigenvalue weighted by molar-refractivity contribution is -0.159. The van der Waals surface area contributed by atoms with E-state index in [1.54, 1.807) is 0 Å². The van der Waals surface area contributed by atoms with Gasteiger partial charge in [-0.3, -0.25) is 0 Å². The van der Waals surface area contributed by atoms with Crippen LogP contribution in [0.3, 0.4) is 0 Å². The van der Waals surface area contributed by atoms with Crippen LogP contribution >= 0.6 is 0 Å². The molecule has 1 heterocycles. The summed E-state index contributed by atoms with van der Waals surface area (Å²) in [6, 6.07) is 0. The zero-order valence-electron chi connectivity index (χ0n) is 8.07. The van der Waals surface area contributed by atoms with Gasteiger partial charge in [-0.2, -0.15) is 0 Å². The number of carbonyl (C=O) groups excluding carboxylic acids is 1. The molecule has 4 nitrogen and oxygen atoms in total. The second-order valence-corrected chi connectivity index (χ2v) is 3.00. The SMILES string of the molecule is COC(=O)C1OC(OC)=CCC1C. The van der Waals surface area contributed by atoms with E-state index in [-0.39, 0.29) is 11.9 Å². The molecule has 0 aromatic heterocycles. The molecule has 1 rings (SSSR count). The van der Waals surface area contributed by atoms with E-state index in [4.69, 9.17) is 9.47 Å². The van der Waals surface area contributed by atoms with Crippen molar-refractivity contribution >= 4 is 5.97 Å². The first-order chi connectivity index (χ1) is 6.19. The van der Waals surface area contributed by atoms with Crippen molar-refractivity contribution in [2.75, 3.05) is 14.2 Å². The topological polar surface area (TPSA) is 44.8 Å². The highest BCUT2D eigenvalue weighted by atomic mass is 16.7. The lowest BCUT2D eigenvalue weighted by Crippen LogP contribution is -2.34. The van der Waals surface area contributed by atoms with E-state index in [0.29, 0.717) is 5.95 Å². The standard InChI is InChI=1S/C9H14O4/c1-6-4-5-7(11-2)13-8(6)9(10)12-3/h5-6,8H,4H2,1-3H3. The molecular weight excluding hydrogens is 172 g/mol. The smallest absolute Gasteiger partial charge is 0.347 e. The minimum absolute atomic E-state index is 0.131. The molecule has 0 aliphatic carbocycles. The average Bonchev–Trinajstić information content (AvgIpc) is 2.17. The molecule has 0 bridgehead atoms. The Bertz CT molecular complexity index is 222. The number of allylic oxidation sites excluding steroid dienone is 1. The number of esters is 1. The van der Waals surface area contributed by atoms with Gasteiger partial charge in [-0.05, 0) is 12.5 Å². The Labute approximate surface area is 77.5 Å². The third-order valence-corrected chi connectivity index (χ3v) is 2.05. The zero-order chi connectivity index (χ0) is 9.84. The molecule has 0 saturated carbocycles. The summed E-state index contributed by atoms with van der Waals surface area (Å²) >= 11 is 0. The molecule has 1 aliphatic rings. The molecule has 0 amide bonds. The van der Waals surface area contributed by atoms with Crippen molar-refractivity contribution in [1.29, 1.82) is 0 Å². The Kier molecular flexibility index (Phi) is 3.17. The van der Waals surface area contributed by atoms with Gasteiger partial charge in [0, 0.05) is 5.92 Å². The summed E-state index contributed by atoms with van der Waals surface area (Å²) in [4.78, 5) is 11.2. The number of hydrogen-bond donors (Lipinski definition) is 0. The maximum absolute atomic E-state index is 11.2. The van der Waals surface area contributed by atoms with Crippen LogP contribution in [0.5, 0.6) is 0 Å². The largest absolute Gasteiger partial charge is 0.469 e. The van der Waals surface area contributed by atoms with Gasteiger partial charge < -0.3 is 14.2 Å². The van der Waals surface area contributed by atoms with Gasteiger partial charge in [0.1, 0.15) is 0 Å². The van der Waals surface area contributed by atoms with Crippen LogP contribution in [0, 0.1) is 5.92 Å². The molecule has 0 radical (unpaired) electrons. The highest BCUT2D eigenvalue weighted by Gasteiger charge is 2.31. The number of carbonyl (C=O) groups is 1. The lowest BCUT2D eigenvalue weighted by Gasteiger charge is -2.26. The molecule has 0 N–H and O–H groups in total. The van der Waals surface area contributed by atoms with Crippen molar-refractivity contribution in [1.82, 2.24) is 0 Å². The second kappa shape index (κ2) is 4.16. The highest BCUT2D eigenvalue weighted by molar-refractivity contribution is 5.75. The quantitative estimate of drug-likeness (QED) is 0.605. The minimum atomic E-state index is -0.537. The summed E-state index contributed by atoms with van der Waals surface area (Å²) in [5.74, 6) is 0.176. The second-order valence-electron chi connectivity index (χ2n) is 3.00. The fourth-order valence-corrected chi connectivity index (χ4v) is 1.22. The monoisotopic (exact) mass is 186 g/mol. The van der Waals surface area contributed by atoms with Crippen LogP contribution in [0.2, 0.25) is 0 Å². The van der Waals surface area contributed by atoms with Gasteiger partial charge in [0.25, 0.3) is 5.95 Å². The van der Waals surface area contributed by atoms with Gasteiger partial charge in [0.15, 0.2) is 0 Å².